The fraction of sp³-hybridized carbons (Fsp3) is 0.300. The Balaban J connectivity index is 2.02. The first kappa shape index (κ1) is 21.5. The van der Waals surface area contributed by atoms with Crippen molar-refractivity contribution in [2.45, 2.75) is 52.8 Å². The molecule has 3 heterocycles. The summed E-state index contributed by atoms with van der Waals surface area (Å²) < 4.78 is 20.5. The van der Waals surface area contributed by atoms with Crippen LogP contribution in [0.15, 0.2) is 48.7 Å². The van der Waals surface area contributed by atoms with Crippen molar-refractivity contribution in [2.75, 3.05) is 0 Å². The van der Waals surface area contributed by atoms with Crippen LogP contribution in [-0.2, 0) is 7.05 Å². The number of aromatic nitrogens is 2. The molecule has 2 nitrogen and oxygen atoms in total. The third-order valence-electron chi connectivity index (χ3n) is 8.93. The molecule has 6 aromatic rings. The highest BCUT2D eigenvalue weighted by atomic mass is 28.3. The Morgan fingerprint density at radius 2 is 1.56 bits per heavy atom. The molecule has 0 saturated heterocycles. The van der Waals surface area contributed by atoms with E-state index in [1.54, 1.807) is 0 Å². The molecule has 172 valence electrons. The Morgan fingerprint density at radius 3 is 2.26 bits per heavy atom. The molecule has 3 aromatic heterocycles. The van der Waals surface area contributed by atoms with Crippen LogP contribution in [0, 0.1) is 19.7 Å². The number of nitrogens with zero attached hydrogens (tertiary/aromatic N) is 2. The third kappa shape index (κ3) is 2.47. The van der Waals surface area contributed by atoms with Gasteiger partial charge in [0, 0.05) is 16.8 Å². The number of fused-ring (bicyclic) bond motifs is 5. The van der Waals surface area contributed by atoms with Gasteiger partial charge in [-0.15, -0.1) is 0 Å². The molecule has 0 radical (unpaired) electrons. The Kier molecular flexibility index (Phi) is 4.60. The number of pyridine rings is 2. The average molecular weight is 468 g/mol. The predicted octanol–water partition coefficient (Wildman–Crippen LogP) is 7.29. The minimum absolute atomic E-state index is 0.0833. The molecule has 3 aromatic carbocycles. The van der Waals surface area contributed by atoms with Gasteiger partial charge < -0.3 is 4.40 Å². The van der Waals surface area contributed by atoms with Gasteiger partial charge in [0.05, 0.1) is 35.4 Å². The van der Waals surface area contributed by atoms with Crippen LogP contribution in [0.1, 0.15) is 31.9 Å². The van der Waals surface area contributed by atoms with Crippen molar-refractivity contribution in [1.29, 1.82) is 0 Å². The highest BCUT2D eigenvalue weighted by Gasteiger charge is 2.32. The summed E-state index contributed by atoms with van der Waals surface area (Å²) >= 11 is 0. The number of aryl methyl sites for hydroxylation is 2. The molecule has 0 spiro atoms. The quantitative estimate of drug-likeness (QED) is 0.111. The molecule has 4 heteroatoms. The highest BCUT2D eigenvalue weighted by Crippen LogP contribution is 2.43. The van der Waals surface area contributed by atoms with Crippen molar-refractivity contribution in [3.8, 4) is 0 Å². The van der Waals surface area contributed by atoms with Crippen molar-refractivity contribution in [2.24, 2.45) is 7.05 Å². The van der Waals surface area contributed by atoms with Gasteiger partial charge in [-0.05, 0) is 42.5 Å². The summed E-state index contributed by atoms with van der Waals surface area (Å²) in [6.07, 6.45) is 2.18. The molecule has 0 saturated carbocycles. The summed E-state index contributed by atoms with van der Waals surface area (Å²) in [4.78, 5) is 0. The van der Waals surface area contributed by atoms with E-state index in [-0.39, 0.29) is 5.82 Å². The van der Waals surface area contributed by atoms with Crippen molar-refractivity contribution in [1.82, 2.24) is 4.40 Å². The van der Waals surface area contributed by atoms with Crippen molar-refractivity contribution in [3.63, 3.8) is 0 Å². The molecule has 0 aliphatic heterocycles. The predicted molar refractivity (Wildman–Crippen MR) is 146 cm³/mol. The molecule has 6 rings (SSSR count). The van der Waals surface area contributed by atoms with Gasteiger partial charge in [0.15, 0.2) is 6.20 Å². The molecule has 0 amide bonds. The van der Waals surface area contributed by atoms with Gasteiger partial charge in [0.2, 0.25) is 5.52 Å². The fourth-order valence-corrected chi connectivity index (χ4v) is 10.2. The summed E-state index contributed by atoms with van der Waals surface area (Å²) in [5.74, 6) is -0.0833. The van der Waals surface area contributed by atoms with Gasteiger partial charge in [0.25, 0.3) is 0 Å². The molecule has 0 atom stereocenters. The fourth-order valence-electron chi connectivity index (χ4n) is 6.58. The molecule has 0 aliphatic rings. The van der Waals surface area contributed by atoms with Crippen LogP contribution in [0.4, 0.5) is 4.39 Å². The van der Waals surface area contributed by atoms with Crippen molar-refractivity contribution >= 4 is 62.3 Å². The number of halogens is 1. The highest BCUT2D eigenvalue weighted by molar-refractivity contribution is 6.92. The van der Waals surface area contributed by atoms with Crippen LogP contribution in [0.3, 0.4) is 0 Å². The number of hydrogen-bond donors (Lipinski definition) is 0. The van der Waals surface area contributed by atoms with E-state index >= 15 is 4.39 Å². The zero-order valence-electron chi connectivity index (χ0n) is 21.0. The maximum atomic E-state index is 15.9. The summed E-state index contributed by atoms with van der Waals surface area (Å²) in [6, 6.07) is 19.3. The van der Waals surface area contributed by atoms with Gasteiger partial charge in [-0.1, -0.05) is 68.4 Å². The zero-order valence-corrected chi connectivity index (χ0v) is 22.0. The second-order valence-electron chi connectivity index (χ2n) is 10.1. The van der Waals surface area contributed by atoms with Gasteiger partial charge in [-0.3, -0.25) is 0 Å². The Labute approximate surface area is 201 Å². The SMILES string of the molecule is CC[Si](CC)(CC)c1cc2cc[n+](C)c3c4c(C)c(C)c(F)c5c6ccccc6n(c(c1)c23)c54. The topological polar surface area (TPSA) is 8.29 Å². The largest absolute Gasteiger partial charge is 0.307 e. The maximum Gasteiger partial charge on any atom is 0.224 e. The van der Waals surface area contributed by atoms with E-state index in [4.69, 9.17) is 0 Å². The maximum absolute atomic E-state index is 15.9. The van der Waals surface area contributed by atoms with Crippen LogP contribution in [0.2, 0.25) is 18.1 Å². The normalized spacial score (nSPS) is 12.9. The minimum atomic E-state index is -1.61. The number of rotatable bonds is 4. The van der Waals surface area contributed by atoms with Crippen LogP contribution in [-0.4, -0.2) is 12.5 Å². The van der Waals surface area contributed by atoms with Gasteiger partial charge in [-0.25, -0.2) is 8.96 Å². The number of hydrogen-bond acceptors (Lipinski definition) is 0. The monoisotopic (exact) mass is 467 g/mol. The smallest absolute Gasteiger partial charge is 0.224 e. The van der Waals surface area contributed by atoms with E-state index in [0.717, 1.165) is 32.9 Å². The summed E-state index contributed by atoms with van der Waals surface area (Å²) in [6.45, 7) is 11.1. The summed E-state index contributed by atoms with van der Waals surface area (Å²) in [5.41, 5.74) is 6.31. The molecule has 34 heavy (non-hydrogen) atoms. The molecule has 0 fully saturated rings. The van der Waals surface area contributed by atoms with Crippen LogP contribution in [0.5, 0.6) is 0 Å². The van der Waals surface area contributed by atoms with Crippen LogP contribution >= 0.6 is 0 Å². The van der Waals surface area contributed by atoms with E-state index in [2.05, 4.69) is 86.3 Å². The lowest BCUT2D eigenvalue weighted by Crippen LogP contribution is -2.45. The minimum Gasteiger partial charge on any atom is -0.307 e. The summed E-state index contributed by atoms with van der Waals surface area (Å²) in [5, 5.41) is 7.03. The van der Waals surface area contributed by atoms with Crippen LogP contribution < -0.4 is 9.75 Å². The average Bonchev–Trinajstić information content (AvgIpc) is 3.21. The van der Waals surface area contributed by atoms with E-state index in [1.807, 2.05) is 13.0 Å². The number of benzene rings is 3. The molecule has 0 bridgehead atoms. The van der Waals surface area contributed by atoms with E-state index < -0.39 is 8.07 Å². The second kappa shape index (κ2) is 7.26. The Bertz CT molecular complexity index is 1750. The first-order valence-electron chi connectivity index (χ1n) is 12.6. The third-order valence-corrected chi connectivity index (χ3v) is 14.5. The standard InChI is InChI=1S/C30H32FN2Si/c1-7-34(8-2,9-3)21-16-20-14-15-32(6)29-25-18(4)19(5)28(31)27-22-12-10-11-13-23(22)33(30(25)27)24(17-21)26(20)29/h10-17H,7-9H2,1-6H3/q+1. The van der Waals surface area contributed by atoms with Gasteiger partial charge >= 0.3 is 0 Å². The van der Waals surface area contributed by atoms with Crippen molar-refractivity contribution in [3.05, 3.63) is 65.6 Å². The van der Waals surface area contributed by atoms with Crippen LogP contribution in [0.25, 0.3) is 49.0 Å². The van der Waals surface area contributed by atoms with Crippen molar-refractivity contribution < 1.29 is 8.96 Å². The lowest BCUT2D eigenvalue weighted by Gasteiger charge is -2.29. The Hall–Kier alpha value is -2.98. The molecule has 0 aliphatic carbocycles. The van der Waals surface area contributed by atoms with Gasteiger partial charge in [-0.2, -0.15) is 0 Å². The van der Waals surface area contributed by atoms with E-state index in [0.29, 0.717) is 0 Å². The Morgan fingerprint density at radius 1 is 0.853 bits per heavy atom. The molecular formula is C30H32FN2Si+. The van der Waals surface area contributed by atoms with Gasteiger partial charge in [0.1, 0.15) is 12.9 Å². The van der Waals surface area contributed by atoms with E-state index in [9.17, 15) is 0 Å². The molecule has 0 N–H and O–H groups in total. The molecule has 0 unspecified atom stereocenters. The number of para-hydroxylation sites is 1. The second-order valence-corrected chi connectivity index (χ2v) is 15.4. The first-order chi connectivity index (χ1) is 16.4. The zero-order chi connectivity index (χ0) is 23.9. The van der Waals surface area contributed by atoms with E-state index in [1.165, 1.54) is 50.5 Å². The lowest BCUT2D eigenvalue weighted by molar-refractivity contribution is -0.643. The molecular weight excluding hydrogens is 435 g/mol. The lowest BCUT2D eigenvalue weighted by atomic mass is 9.96. The first-order valence-corrected chi connectivity index (χ1v) is 15.2. The summed E-state index contributed by atoms with van der Waals surface area (Å²) in [7, 11) is 0.511.